The molecule has 1 heterocycles. The summed E-state index contributed by atoms with van der Waals surface area (Å²) in [6, 6.07) is 3.11. The predicted octanol–water partition coefficient (Wildman–Crippen LogP) is 2.61. The number of aromatic nitrogens is 2. The molecule has 18 heavy (non-hydrogen) atoms. The van der Waals surface area contributed by atoms with Gasteiger partial charge in [0, 0.05) is 23.2 Å². The fourth-order valence-electron chi connectivity index (χ4n) is 1.47. The van der Waals surface area contributed by atoms with Crippen molar-refractivity contribution < 1.29 is 0 Å². The second kappa shape index (κ2) is 5.18. The van der Waals surface area contributed by atoms with E-state index in [1.165, 1.54) is 12.3 Å². The van der Waals surface area contributed by atoms with E-state index in [0.29, 0.717) is 26.2 Å². The Hall–Kier alpha value is -1.23. The van der Waals surface area contributed by atoms with E-state index >= 15 is 0 Å². The lowest BCUT2D eigenvalue weighted by molar-refractivity contribution is 0.975. The van der Waals surface area contributed by atoms with Gasteiger partial charge in [0.05, 0.1) is 10.0 Å². The van der Waals surface area contributed by atoms with Gasteiger partial charge in [0.2, 0.25) is 0 Å². The van der Waals surface area contributed by atoms with Gasteiger partial charge in [-0.2, -0.15) is 0 Å². The minimum Gasteiger partial charge on any atom is -0.314 e. The molecule has 0 amide bonds. The number of benzene rings is 1. The molecule has 0 aliphatic heterocycles. The molecule has 1 aromatic carbocycles. The first-order valence-electron chi connectivity index (χ1n) is 4.91. The monoisotopic (exact) mass is 304 g/mol. The van der Waals surface area contributed by atoms with Crippen molar-refractivity contribution in [2.45, 2.75) is 6.42 Å². The molecule has 0 saturated heterocycles. The molecular formula is C11H7Cl3N2O2. The Balaban J connectivity index is 2.43. The molecule has 0 radical (unpaired) electrons. The number of hydrogen-bond acceptors (Lipinski definition) is 2. The molecule has 0 unspecified atom stereocenters. The van der Waals surface area contributed by atoms with Crippen molar-refractivity contribution in [2.75, 3.05) is 0 Å². The Morgan fingerprint density at radius 3 is 2.28 bits per heavy atom. The molecule has 1 aromatic heterocycles. The van der Waals surface area contributed by atoms with Crippen LogP contribution in [-0.4, -0.2) is 9.97 Å². The zero-order valence-electron chi connectivity index (χ0n) is 8.89. The van der Waals surface area contributed by atoms with Crippen molar-refractivity contribution in [1.82, 2.24) is 9.97 Å². The van der Waals surface area contributed by atoms with E-state index in [2.05, 4.69) is 9.97 Å². The fraction of sp³-hybridized carbons (Fsp3) is 0.0909. The smallest absolute Gasteiger partial charge is 0.314 e. The number of hydrogen-bond donors (Lipinski definition) is 2. The fourth-order valence-corrected chi connectivity index (χ4v) is 2.11. The lowest BCUT2D eigenvalue weighted by Gasteiger charge is -2.05. The summed E-state index contributed by atoms with van der Waals surface area (Å²) in [5.74, 6) is 0. The van der Waals surface area contributed by atoms with Gasteiger partial charge in [0.25, 0.3) is 5.56 Å². The molecule has 0 bridgehead atoms. The highest BCUT2D eigenvalue weighted by Gasteiger charge is 2.09. The number of H-pyrrole nitrogens is 2. The highest BCUT2D eigenvalue weighted by Crippen LogP contribution is 2.29. The molecule has 2 aromatic rings. The third-order valence-corrected chi connectivity index (χ3v) is 3.44. The highest BCUT2D eigenvalue weighted by molar-refractivity contribution is 6.43. The van der Waals surface area contributed by atoms with Crippen LogP contribution < -0.4 is 11.2 Å². The van der Waals surface area contributed by atoms with Crippen LogP contribution in [0.1, 0.15) is 11.1 Å². The zero-order valence-corrected chi connectivity index (χ0v) is 11.2. The molecule has 0 fully saturated rings. The minimum atomic E-state index is -0.552. The van der Waals surface area contributed by atoms with Gasteiger partial charge in [0.1, 0.15) is 0 Å². The molecule has 0 atom stereocenters. The van der Waals surface area contributed by atoms with Crippen molar-refractivity contribution in [3.05, 3.63) is 65.4 Å². The van der Waals surface area contributed by atoms with Crippen molar-refractivity contribution in [1.29, 1.82) is 0 Å². The van der Waals surface area contributed by atoms with Crippen molar-refractivity contribution in [3.63, 3.8) is 0 Å². The van der Waals surface area contributed by atoms with Crippen molar-refractivity contribution in [2.24, 2.45) is 0 Å². The standard InChI is InChI=1S/C11H7Cl3N2O2/c12-7-3-9(14)8(13)2-5(7)1-6-4-15-11(18)16-10(6)17/h2-4H,1H2,(H2,15,16,17,18). The molecular weight excluding hydrogens is 298 g/mol. The lowest BCUT2D eigenvalue weighted by atomic mass is 10.1. The van der Waals surface area contributed by atoms with E-state index in [9.17, 15) is 9.59 Å². The van der Waals surface area contributed by atoms with Gasteiger partial charge in [-0.1, -0.05) is 34.8 Å². The molecule has 0 aliphatic carbocycles. The van der Waals surface area contributed by atoms with E-state index in [1.807, 2.05) is 0 Å². The first-order valence-corrected chi connectivity index (χ1v) is 6.05. The minimum absolute atomic E-state index is 0.252. The number of halogens is 3. The van der Waals surface area contributed by atoms with Gasteiger partial charge in [-0.15, -0.1) is 0 Å². The van der Waals surface area contributed by atoms with E-state index in [-0.39, 0.29) is 6.42 Å². The van der Waals surface area contributed by atoms with Crippen LogP contribution in [0.25, 0.3) is 0 Å². The maximum absolute atomic E-state index is 11.5. The number of rotatable bonds is 2. The second-order valence-corrected chi connectivity index (χ2v) is 4.85. The predicted molar refractivity (Wildman–Crippen MR) is 72.0 cm³/mol. The molecule has 7 heteroatoms. The van der Waals surface area contributed by atoms with Crippen LogP contribution >= 0.6 is 34.8 Å². The molecule has 2 N–H and O–H groups in total. The van der Waals surface area contributed by atoms with Gasteiger partial charge in [-0.25, -0.2) is 4.79 Å². The van der Waals surface area contributed by atoms with Crippen LogP contribution in [0.15, 0.2) is 27.9 Å². The molecule has 0 spiro atoms. The summed E-state index contributed by atoms with van der Waals surface area (Å²) < 4.78 is 0. The summed E-state index contributed by atoms with van der Waals surface area (Å²) in [6.07, 6.45) is 1.60. The summed E-state index contributed by atoms with van der Waals surface area (Å²) in [5, 5.41) is 1.12. The van der Waals surface area contributed by atoms with E-state index in [1.54, 1.807) is 6.07 Å². The first kappa shape index (κ1) is 13.2. The highest BCUT2D eigenvalue weighted by atomic mass is 35.5. The zero-order chi connectivity index (χ0) is 13.3. The van der Waals surface area contributed by atoms with E-state index in [0.717, 1.165) is 0 Å². The van der Waals surface area contributed by atoms with Crippen LogP contribution in [0.4, 0.5) is 0 Å². The lowest BCUT2D eigenvalue weighted by Crippen LogP contribution is -2.24. The quantitative estimate of drug-likeness (QED) is 0.838. The van der Waals surface area contributed by atoms with Gasteiger partial charge in [0.15, 0.2) is 0 Å². The average Bonchev–Trinajstić information content (AvgIpc) is 2.29. The Kier molecular flexibility index (Phi) is 3.80. The third kappa shape index (κ3) is 2.77. The third-order valence-electron chi connectivity index (χ3n) is 2.37. The van der Waals surface area contributed by atoms with Crippen molar-refractivity contribution >= 4 is 34.8 Å². The van der Waals surface area contributed by atoms with Gasteiger partial charge in [-0.3, -0.25) is 9.78 Å². The summed E-state index contributed by atoms with van der Waals surface area (Å²) in [5.41, 5.74) is 0.0309. The normalized spacial score (nSPS) is 10.6. The summed E-state index contributed by atoms with van der Waals surface area (Å²) >= 11 is 17.7. The Morgan fingerprint density at radius 1 is 0.944 bits per heavy atom. The molecule has 94 valence electrons. The molecule has 0 aliphatic rings. The maximum Gasteiger partial charge on any atom is 0.325 e. The first-order chi connectivity index (χ1) is 8.47. The Labute approximate surface area is 117 Å². The second-order valence-electron chi connectivity index (χ2n) is 3.63. The van der Waals surface area contributed by atoms with Crippen LogP contribution in [0.2, 0.25) is 15.1 Å². The number of nitrogens with one attached hydrogen (secondary N) is 2. The summed E-state index contributed by atoms with van der Waals surface area (Å²) in [4.78, 5) is 26.9. The summed E-state index contributed by atoms with van der Waals surface area (Å²) in [6.45, 7) is 0. The average molecular weight is 306 g/mol. The Morgan fingerprint density at radius 2 is 1.61 bits per heavy atom. The van der Waals surface area contributed by atoms with Gasteiger partial charge < -0.3 is 4.98 Å². The van der Waals surface area contributed by atoms with E-state index < -0.39 is 11.2 Å². The maximum atomic E-state index is 11.5. The van der Waals surface area contributed by atoms with E-state index in [4.69, 9.17) is 34.8 Å². The van der Waals surface area contributed by atoms with Gasteiger partial charge >= 0.3 is 5.69 Å². The topological polar surface area (TPSA) is 65.7 Å². The summed E-state index contributed by atoms with van der Waals surface area (Å²) in [7, 11) is 0. The largest absolute Gasteiger partial charge is 0.325 e. The van der Waals surface area contributed by atoms with Crippen molar-refractivity contribution in [3.8, 4) is 0 Å². The molecule has 2 rings (SSSR count). The van der Waals surface area contributed by atoms with Crippen LogP contribution in [0.5, 0.6) is 0 Å². The van der Waals surface area contributed by atoms with Gasteiger partial charge in [-0.05, 0) is 17.7 Å². The van der Waals surface area contributed by atoms with Crippen LogP contribution in [0, 0.1) is 0 Å². The van der Waals surface area contributed by atoms with Crippen LogP contribution in [0.3, 0.4) is 0 Å². The SMILES string of the molecule is O=c1[nH]cc(Cc2cc(Cl)c(Cl)cc2Cl)c(=O)[nH]1. The Bertz CT molecular complexity index is 706. The molecule has 0 saturated carbocycles. The number of aromatic amines is 2. The molecule has 4 nitrogen and oxygen atoms in total. The van der Waals surface area contributed by atoms with Crippen LogP contribution in [-0.2, 0) is 6.42 Å².